The summed E-state index contributed by atoms with van der Waals surface area (Å²) in [5.41, 5.74) is 1.06. The van der Waals surface area contributed by atoms with Crippen LogP contribution >= 0.6 is 11.3 Å². The summed E-state index contributed by atoms with van der Waals surface area (Å²) in [4.78, 5) is 33.3. The number of ether oxygens (including phenoxy) is 2. The zero-order chi connectivity index (χ0) is 29.4. The van der Waals surface area contributed by atoms with Crippen molar-refractivity contribution in [2.45, 2.75) is 23.8 Å². The van der Waals surface area contributed by atoms with E-state index in [1.165, 1.54) is 30.6 Å². The lowest BCUT2D eigenvalue weighted by Crippen LogP contribution is -2.28. The van der Waals surface area contributed by atoms with Gasteiger partial charge in [0.1, 0.15) is 16.2 Å². The van der Waals surface area contributed by atoms with Crippen molar-refractivity contribution in [1.82, 2.24) is 14.9 Å². The third kappa shape index (κ3) is 8.42. The molecule has 1 fully saturated rings. The number of methoxy groups -OCH3 is 1. The van der Waals surface area contributed by atoms with Crippen molar-refractivity contribution < 1.29 is 27.5 Å². The first-order valence-electron chi connectivity index (χ1n) is 13.2. The number of pyridine rings is 1. The summed E-state index contributed by atoms with van der Waals surface area (Å²) in [6.45, 7) is 2.99. The second kappa shape index (κ2) is 14.1. The first kappa shape index (κ1) is 30.8. The van der Waals surface area contributed by atoms with Gasteiger partial charge in [0.15, 0.2) is 26.8 Å². The molecule has 1 aromatic carbocycles. The van der Waals surface area contributed by atoms with Crippen molar-refractivity contribution in [3.8, 4) is 0 Å². The lowest BCUT2D eigenvalue weighted by molar-refractivity contribution is -0.110. The Labute approximate surface area is 244 Å². The number of fused-ring (bicyclic) bond motifs is 1. The van der Waals surface area contributed by atoms with Gasteiger partial charge in [0.05, 0.1) is 23.9 Å². The number of anilines is 2. The number of sulfone groups is 1. The van der Waals surface area contributed by atoms with Crippen molar-refractivity contribution in [1.29, 1.82) is 0 Å². The Morgan fingerprint density at radius 1 is 1.15 bits per heavy atom. The molecule has 14 heteroatoms. The molecule has 1 saturated heterocycles. The topological polar surface area (TPSA) is 136 Å². The fraction of sp³-hybridized carbons (Fsp3) is 0.481. The SMILES string of the molecule is COCCCS(=O)(=O)c1ccc(C(=NO[C@@H]2CCOC2)C(=O)Nc2nc3ccc(N(C)CCN(C)C)nc3s2)cc1. The van der Waals surface area contributed by atoms with Crippen LogP contribution in [0.1, 0.15) is 18.4 Å². The fourth-order valence-electron chi connectivity index (χ4n) is 3.97. The molecule has 0 saturated carbocycles. The maximum absolute atomic E-state index is 13.4. The third-order valence-corrected chi connectivity index (χ3v) is 9.08. The van der Waals surface area contributed by atoms with E-state index in [9.17, 15) is 13.2 Å². The quantitative estimate of drug-likeness (QED) is 0.166. The molecule has 222 valence electrons. The standard InChI is InChI=1S/C27H36N6O6S2/c1-32(2)13-14-33(3)23-11-10-22-26(29-23)40-27(28-22)30-25(34)24(31-39-20-12-16-38-18-20)19-6-8-21(9-7-19)41(35,36)17-5-15-37-4/h6-11,20H,5,12-18H2,1-4H3,(H,28,30,34)/t20-/m1/s1. The Balaban J connectivity index is 1.53. The van der Waals surface area contributed by atoms with Gasteiger partial charge in [-0.15, -0.1) is 0 Å². The van der Waals surface area contributed by atoms with E-state index >= 15 is 0 Å². The minimum atomic E-state index is -3.49. The molecule has 1 amide bonds. The maximum Gasteiger partial charge on any atom is 0.280 e. The molecule has 1 atom stereocenters. The normalized spacial score (nSPS) is 15.9. The minimum absolute atomic E-state index is 0.00319. The lowest BCUT2D eigenvalue weighted by atomic mass is 10.1. The number of thiazole rings is 1. The number of carbonyl (C=O) groups is 1. The fourth-order valence-corrected chi connectivity index (χ4v) is 6.09. The summed E-state index contributed by atoms with van der Waals surface area (Å²) < 4.78 is 35.6. The molecule has 0 aliphatic carbocycles. The number of nitrogens with zero attached hydrogens (tertiary/aromatic N) is 5. The molecule has 1 N–H and O–H groups in total. The number of likely N-dealkylation sites (N-methyl/N-ethyl adjacent to an activating group) is 2. The van der Waals surface area contributed by atoms with E-state index in [0.29, 0.717) is 53.7 Å². The van der Waals surface area contributed by atoms with Crippen LogP contribution in [0.25, 0.3) is 10.3 Å². The molecule has 0 unspecified atom stereocenters. The van der Waals surface area contributed by atoms with Crippen LogP contribution in [0, 0.1) is 0 Å². The largest absolute Gasteiger partial charge is 0.389 e. The van der Waals surface area contributed by atoms with Gasteiger partial charge in [0.2, 0.25) is 0 Å². The average molecular weight is 605 g/mol. The van der Waals surface area contributed by atoms with Crippen molar-refractivity contribution in [3.63, 3.8) is 0 Å². The Hall–Kier alpha value is -3.17. The summed E-state index contributed by atoms with van der Waals surface area (Å²) >= 11 is 1.26. The molecule has 3 aromatic rings. The van der Waals surface area contributed by atoms with Gasteiger partial charge in [0.25, 0.3) is 5.91 Å². The van der Waals surface area contributed by atoms with Crippen LogP contribution in [0.4, 0.5) is 10.9 Å². The second-order valence-electron chi connectivity index (χ2n) is 9.91. The Morgan fingerprint density at radius 2 is 1.93 bits per heavy atom. The number of oxime groups is 1. The smallest absolute Gasteiger partial charge is 0.280 e. The highest BCUT2D eigenvalue weighted by atomic mass is 32.2. The van der Waals surface area contributed by atoms with Crippen LogP contribution in [-0.4, -0.2) is 108 Å². The molecule has 12 nitrogen and oxygen atoms in total. The Bertz CT molecular complexity index is 1450. The van der Waals surface area contributed by atoms with E-state index in [1.54, 1.807) is 12.1 Å². The zero-order valence-electron chi connectivity index (χ0n) is 23.7. The predicted molar refractivity (Wildman–Crippen MR) is 160 cm³/mol. The molecule has 0 radical (unpaired) electrons. The summed E-state index contributed by atoms with van der Waals surface area (Å²) in [6.07, 6.45) is 0.775. The Kier molecular flexibility index (Phi) is 10.6. The van der Waals surface area contributed by atoms with Crippen molar-refractivity contribution in [2.24, 2.45) is 5.16 Å². The predicted octanol–water partition coefficient (Wildman–Crippen LogP) is 2.65. The van der Waals surface area contributed by atoms with E-state index in [1.807, 2.05) is 33.3 Å². The number of hydrogen-bond acceptors (Lipinski definition) is 12. The highest BCUT2D eigenvalue weighted by molar-refractivity contribution is 7.91. The van der Waals surface area contributed by atoms with E-state index in [4.69, 9.17) is 19.3 Å². The molecule has 2 aromatic heterocycles. The maximum atomic E-state index is 13.4. The summed E-state index contributed by atoms with van der Waals surface area (Å²) in [7, 11) is 4.06. The summed E-state index contributed by atoms with van der Waals surface area (Å²) in [5, 5.41) is 7.33. The van der Waals surface area contributed by atoms with Gasteiger partial charge in [0, 0.05) is 45.8 Å². The van der Waals surface area contributed by atoms with Gasteiger partial charge in [-0.25, -0.2) is 18.4 Å². The van der Waals surface area contributed by atoms with Gasteiger partial charge in [-0.3, -0.25) is 10.1 Å². The number of rotatable bonds is 14. The van der Waals surface area contributed by atoms with Crippen molar-refractivity contribution in [2.75, 3.05) is 77.1 Å². The molecule has 3 heterocycles. The van der Waals surface area contributed by atoms with E-state index < -0.39 is 15.7 Å². The number of hydrogen-bond donors (Lipinski definition) is 1. The number of benzene rings is 1. The zero-order valence-corrected chi connectivity index (χ0v) is 25.3. The monoisotopic (exact) mass is 604 g/mol. The number of aromatic nitrogens is 2. The van der Waals surface area contributed by atoms with Crippen LogP contribution < -0.4 is 10.2 Å². The first-order chi connectivity index (χ1) is 19.7. The summed E-state index contributed by atoms with van der Waals surface area (Å²) in [6, 6.07) is 9.81. The van der Waals surface area contributed by atoms with Crippen LogP contribution in [0.2, 0.25) is 0 Å². The van der Waals surface area contributed by atoms with Gasteiger partial charge in [-0.2, -0.15) is 0 Å². The lowest BCUT2D eigenvalue weighted by Gasteiger charge is -2.20. The molecule has 0 bridgehead atoms. The van der Waals surface area contributed by atoms with Gasteiger partial charge < -0.3 is 24.1 Å². The van der Waals surface area contributed by atoms with Crippen LogP contribution in [0.3, 0.4) is 0 Å². The highest BCUT2D eigenvalue weighted by Crippen LogP contribution is 2.27. The highest BCUT2D eigenvalue weighted by Gasteiger charge is 2.22. The number of nitrogens with one attached hydrogen (secondary N) is 1. The molecule has 0 spiro atoms. The number of amides is 1. The second-order valence-corrected chi connectivity index (χ2v) is 13.0. The molecule has 41 heavy (non-hydrogen) atoms. The van der Waals surface area contributed by atoms with E-state index in [2.05, 4.69) is 25.3 Å². The van der Waals surface area contributed by atoms with E-state index in [0.717, 1.165) is 18.9 Å². The van der Waals surface area contributed by atoms with Crippen LogP contribution in [0.15, 0.2) is 46.4 Å². The molecule has 1 aliphatic heterocycles. The summed E-state index contributed by atoms with van der Waals surface area (Å²) in [5.74, 6) is 0.236. The number of carbonyl (C=O) groups excluding carboxylic acids is 1. The third-order valence-electron chi connectivity index (χ3n) is 6.38. The van der Waals surface area contributed by atoms with Gasteiger partial charge in [-0.1, -0.05) is 28.6 Å². The van der Waals surface area contributed by atoms with E-state index in [-0.39, 0.29) is 22.5 Å². The molecular formula is C27H36N6O6S2. The minimum Gasteiger partial charge on any atom is -0.389 e. The average Bonchev–Trinajstić information content (AvgIpc) is 3.61. The Morgan fingerprint density at radius 3 is 2.61 bits per heavy atom. The van der Waals surface area contributed by atoms with Crippen molar-refractivity contribution in [3.05, 3.63) is 42.0 Å². The van der Waals surface area contributed by atoms with Gasteiger partial charge >= 0.3 is 0 Å². The van der Waals surface area contributed by atoms with Crippen molar-refractivity contribution >= 4 is 54.1 Å². The molecule has 1 aliphatic rings. The van der Waals surface area contributed by atoms with Crippen LogP contribution in [0.5, 0.6) is 0 Å². The van der Waals surface area contributed by atoms with Crippen LogP contribution in [-0.2, 0) is 28.9 Å². The first-order valence-corrected chi connectivity index (χ1v) is 15.7. The van der Waals surface area contributed by atoms with Gasteiger partial charge in [-0.05, 0) is 44.8 Å². The molecule has 4 rings (SSSR count). The molecular weight excluding hydrogens is 568 g/mol.